The summed E-state index contributed by atoms with van der Waals surface area (Å²) in [5.74, 6) is 0.161. The van der Waals surface area contributed by atoms with E-state index in [4.69, 9.17) is 5.73 Å². The molecule has 3 rings (SSSR count). The second-order valence-electron chi connectivity index (χ2n) is 5.52. The fourth-order valence-electron chi connectivity index (χ4n) is 2.67. The lowest BCUT2D eigenvalue weighted by Crippen LogP contribution is -2.46. The van der Waals surface area contributed by atoms with E-state index < -0.39 is 0 Å². The molecule has 2 heterocycles. The van der Waals surface area contributed by atoms with Gasteiger partial charge in [0.2, 0.25) is 5.91 Å². The van der Waals surface area contributed by atoms with Gasteiger partial charge in [0.1, 0.15) is 0 Å². The van der Waals surface area contributed by atoms with E-state index in [1.165, 1.54) is 10.4 Å². The van der Waals surface area contributed by atoms with Gasteiger partial charge in [-0.2, -0.15) is 0 Å². The predicted molar refractivity (Wildman–Crippen MR) is 77.1 cm³/mol. The molecular formula is C14H21N3OS. The predicted octanol–water partition coefficient (Wildman–Crippen LogP) is 1.10. The van der Waals surface area contributed by atoms with Crippen molar-refractivity contribution in [3.05, 3.63) is 21.9 Å². The van der Waals surface area contributed by atoms with Crippen LogP contribution in [-0.4, -0.2) is 36.0 Å². The lowest BCUT2D eigenvalue weighted by atomic mass is 10.0. The first kappa shape index (κ1) is 13.1. The number of amides is 1. The van der Waals surface area contributed by atoms with Crippen molar-refractivity contribution in [2.75, 3.05) is 13.1 Å². The molecule has 1 aliphatic heterocycles. The quantitative estimate of drug-likeness (QED) is 0.848. The standard InChI is InChI=1S/C14H21N3OS/c15-8-12(7-14(18)16-11-1-2-11)17-5-3-13-10(9-17)4-6-19-13/h4,6,11-12H,1-3,5,7-9,15H2,(H,16,18). The van der Waals surface area contributed by atoms with Crippen LogP contribution in [0.15, 0.2) is 11.4 Å². The number of fused-ring (bicyclic) bond motifs is 1. The minimum atomic E-state index is 0.161. The number of thiophene rings is 1. The number of nitrogens with two attached hydrogens (primary N) is 1. The lowest BCUT2D eigenvalue weighted by molar-refractivity contribution is -0.122. The highest BCUT2D eigenvalue weighted by Gasteiger charge is 2.28. The molecule has 0 saturated heterocycles. The summed E-state index contributed by atoms with van der Waals surface area (Å²) in [7, 11) is 0. The lowest BCUT2D eigenvalue weighted by Gasteiger charge is -2.33. The van der Waals surface area contributed by atoms with Gasteiger partial charge in [-0.05, 0) is 36.3 Å². The summed E-state index contributed by atoms with van der Waals surface area (Å²) >= 11 is 1.84. The van der Waals surface area contributed by atoms with Crippen molar-refractivity contribution in [1.82, 2.24) is 10.2 Å². The molecule has 0 bridgehead atoms. The van der Waals surface area contributed by atoms with Crippen molar-refractivity contribution in [1.29, 1.82) is 0 Å². The van der Waals surface area contributed by atoms with E-state index in [-0.39, 0.29) is 11.9 Å². The third-order valence-corrected chi connectivity index (χ3v) is 5.01. The Hall–Kier alpha value is -0.910. The molecule has 1 atom stereocenters. The Morgan fingerprint density at radius 1 is 1.58 bits per heavy atom. The second-order valence-corrected chi connectivity index (χ2v) is 6.53. The highest BCUT2D eigenvalue weighted by atomic mass is 32.1. The molecule has 1 saturated carbocycles. The van der Waals surface area contributed by atoms with Crippen LogP contribution in [0.2, 0.25) is 0 Å². The molecule has 0 radical (unpaired) electrons. The largest absolute Gasteiger partial charge is 0.353 e. The van der Waals surface area contributed by atoms with Crippen molar-refractivity contribution in [3.8, 4) is 0 Å². The summed E-state index contributed by atoms with van der Waals surface area (Å²) in [6.45, 7) is 2.51. The summed E-state index contributed by atoms with van der Waals surface area (Å²) in [5.41, 5.74) is 7.29. The summed E-state index contributed by atoms with van der Waals surface area (Å²) < 4.78 is 0. The van der Waals surface area contributed by atoms with Gasteiger partial charge in [0.25, 0.3) is 0 Å². The Kier molecular flexibility index (Phi) is 3.86. The van der Waals surface area contributed by atoms with Gasteiger partial charge in [-0.3, -0.25) is 9.69 Å². The molecular weight excluding hydrogens is 258 g/mol. The van der Waals surface area contributed by atoms with E-state index in [0.29, 0.717) is 19.0 Å². The zero-order valence-electron chi connectivity index (χ0n) is 11.1. The summed E-state index contributed by atoms with van der Waals surface area (Å²) in [6, 6.07) is 2.81. The molecule has 2 aliphatic rings. The number of hydrogen-bond acceptors (Lipinski definition) is 4. The van der Waals surface area contributed by atoms with Crippen LogP contribution in [0.4, 0.5) is 0 Å². The monoisotopic (exact) mass is 279 g/mol. The Morgan fingerprint density at radius 2 is 2.42 bits per heavy atom. The number of carbonyl (C=O) groups is 1. The molecule has 5 heteroatoms. The second kappa shape index (κ2) is 5.61. The molecule has 4 nitrogen and oxygen atoms in total. The van der Waals surface area contributed by atoms with E-state index in [1.807, 2.05) is 11.3 Å². The van der Waals surface area contributed by atoms with Crippen molar-refractivity contribution in [2.45, 2.75) is 44.3 Å². The van der Waals surface area contributed by atoms with Crippen molar-refractivity contribution >= 4 is 17.2 Å². The first-order valence-corrected chi connectivity index (χ1v) is 7.93. The fraction of sp³-hybridized carbons (Fsp3) is 0.643. The van der Waals surface area contributed by atoms with E-state index in [0.717, 1.165) is 32.4 Å². The van der Waals surface area contributed by atoms with Gasteiger partial charge in [-0.1, -0.05) is 0 Å². The van der Waals surface area contributed by atoms with Crippen molar-refractivity contribution < 1.29 is 4.79 Å². The molecule has 104 valence electrons. The molecule has 1 aliphatic carbocycles. The molecule has 1 aromatic rings. The van der Waals surface area contributed by atoms with Gasteiger partial charge >= 0.3 is 0 Å². The smallest absolute Gasteiger partial charge is 0.221 e. The van der Waals surface area contributed by atoms with Crippen LogP contribution in [0.25, 0.3) is 0 Å². The van der Waals surface area contributed by atoms with Crippen LogP contribution in [0, 0.1) is 0 Å². The average Bonchev–Trinajstić information content (AvgIpc) is 3.09. The Morgan fingerprint density at radius 3 is 3.16 bits per heavy atom. The maximum Gasteiger partial charge on any atom is 0.221 e. The maximum atomic E-state index is 11.9. The normalized spacial score (nSPS) is 20.9. The van der Waals surface area contributed by atoms with E-state index >= 15 is 0 Å². The molecule has 3 N–H and O–H groups in total. The zero-order chi connectivity index (χ0) is 13.2. The summed E-state index contributed by atoms with van der Waals surface area (Å²) in [4.78, 5) is 15.8. The van der Waals surface area contributed by atoms with E-state index in [1.54, 1.807) is 0 Å². The highest BCUT2D eigenvalue weighted by molar-refractivity contribution is 7.10. The Labute approximate surface area is 118 Å². The van der Waals surface area contributed by atoms with Crippen LogP contribution < -0.4 is 11.1 Å². The minimum absolute atomic E-state index is 0.161. The van der Waals surface area contributed by atoms with Crippen LogP contribution in [0.1, 0.15) is 29.7 Å². The van der Waals surface area contributed by atoms with Gasteiger partial charge < -0.3 is 11.1 Å². The number of rotatable bonds is 5. The number of carbonyl (C=O) groups excluding carboxylic acids is 1. The molecule has 0 spiro atoms. The molecule has 19 heavy (non-hydrogen) atoms. The third kappa shape index (κ3) is 3.16. The molecule has 1 unspecified atom stereocenters. The fourth-order valence-corrected chi connectivity index (χ4v) is 3.56. The molecule has 0 aromatic carbocycles. The number of nitrogens with zero attached hydrogens (tertiary/aromatic N) is 1. The first-order valence-electron chi connectivity index (χ1n) is 7.05. The highest BCUT2D eigenvalue weighted by Crippen LogP contribution is 2.26. The number of hydrogen-bond donors (Lipinski definition) is 2. The first-order chi connectivity index (χ1) is 9.26. The van der Waals surface area contributed by atoms with Gasteiger partial charge in [0.15, 0.2) is 0 Å². The Balaban J connectivity index is 1.58. The average molecular weight is 279 g/mol. The SMILES string of the molecule is NCC(CC(=O)NC1CC1)N1CCc2sccc2C1. The molecule has 1 fully saturated rings. The van der Waals surface area contributed by atoms with Crippen LogP contribution >= 0.6 is 11.3 Å². The summed E-state index contributed by atoms with van der Waals surface area (Å²) in [5, 5.41) is 5.21. The van der Waals surface area contributed by atoms with Gasteiger partial charge in [0, 0.05) is 43.0 Å². The van der Waals surface area contributed by atoms with Gasteiger partial charge in [-0.15, -0.1) is 11.3 Å². The van der Waals surface area contributed by atoms with Gasteiger partial charge in [0.05, 0.1) is 0 Å². The number of nitrogens with one attached hydrogen (secondary N) is 1. The van der Waals surface area contributed by atoms with Crippen LogP contribution in [-0.2, 0) is 17.8 Å². The Bertz CT molecular complexity index is 455. The zero-order valence-corrected chi connectivity index (χ0v) is 11.9. The summed E-state index contributed by atoms with van der Waals surface area (Å²) in [6.07, 6.45) is 3.90. The van der Waals surface area contributed by atoms with E-state index in [9.17, 15) is 4.79 Å². The van der Waals surface area contributed by atoms with Crippen molar-refractivity contribution in [3.63, 3.8) is 0 Å². The van der Waals surface area contributed by atoms with E-state index in [2.05, 4.69) is 21.7 Å². The maximum absolute atomic E-state index is 11.9. The molecule has 1 aromatic heterocycles. The van der Waals surface area contributed by atoms with Crippen LogP contribution in [0.3, 0.4) is 0 Å². The van der Waals surface area contributed by atoms with Crippen molar-refractivity contribution in [2.24, 2.45) is 5.73 Å². The topological polar surface area (TPSA) is 58.4 Å². The minimum Gasteiger partial charge on any atom is -0.353 e. The van der Waals surface area contributed by atoms with Gasteiger partial charge in [-0.25, -0.2) is 0 Å². The van der Waals surface area contributed by atoms with Crippen LogP contribution in [0.5, 0.6) is 0 Å². The molecule has 1 amide bonds. The third-order valence-electron chi connectivity index (χ3n) is 3.99.